The number of nitrogens with zero attached hydrogens (tertiary/aromatic N) is 2. The highest BCUT2D eigenvalue weighted by molar-refractivity contribution is 6.75. The van der Waals surface area contributed by atoms with E-state index in [0.29, 0.717) is 0 Å². The lowest BCUT2D eigenvalue weighted by Crippen LogP contribution is -2.25. The molecule has 0 radical (unpaired) electrons. The molecule has 0 saturated heterocycles. The summed E-state index contributed by atoms with van der Waals surface area (Å²) in [6, 6.07) is 21.0. The Bertz CT molecular complexity index is 2120. The van der Waals surface area contributed by atoms with Crippen molar-refractivity contribution in [3.8, 4) is 22.3 Å². The highest BCUT2D eigenvalue weighted by Crippen LogP contribution is 2.38. The number of hydrogen-bond donors (Lipinski definition) is 2. The zero-order chi connectivity index (χ0) is 33.2. The minimum Gasteiger partial charge on any atom is -0.355 e. The maximum Gasteiger partial charge on any atom is 0.0737 e. The van der Waals surface area contributed by atoms with Crippen LogP contribution in [0.2, 0.25) is 19.6 Å². The smallest absolute Gasteiger partial charge is 0.0737 e. The van der Waals surface area contributed by atoms with E-state index in [4.69, 9.17) is 9.97 Å². The van der Waals surface area contributed by atoms with Gasteiger partial charge in [0.2, 0.25) is 0 Å². The summed E-state index contributed by atoms with van der Waals surface area (Å²) < 4.78 is 0. The molecule has 0 aliphatic carbocycles. The fourth-order valence-electron chi connectivity index (χ4n) is 7.58. The highest BCUT2D eigenvalue weighted by atomic mass is 28.3. The fourth-order valence-corrected chi connectivity index (χ4v) is 9.01. The second-order valence-corrected chi connectivity index (χ2v) is 20.2. The molecule has 4 nitrogen and oxygen atoms in total. The molecule has 0 saturated carbocycles. The first kappa shape index (κ1) is 30.9. The lowest BCUT2D eigenvalue weighted by Gasteiger charge is -2.17. The molecule has 5 heterocycles. The molecule has 47 heavy (non-hydrogen) atoms. The molecule has 236 valence electrons. The van der Waals surface area contributed by atoms with Crippen LogP contribution in [0.4, 0.5) is 0 Å². The summed E-state index contributed by atoms with van der Waals surface area (Å²) in [5.41, 5.74) is 21.7. The number of benzene rings is 2. The van der Waals surface area contributed by atoms with Crippen molar-refractivity contribution in [3.63, 3.8) is 0 Å². The summed E-state index contributed by atoms with van der Waals surface area (Å²) in [7, 11) is -1.55. The maximum atomic E-state index is 5.43. The van der Waals surface area contributed by atoms with Gasteiger partial charge < -0.3 is 9.97 Å². The summed E-state index contributed by atoms with van der Waals surface area (Å²) in [5.74, 6) is 0. The molecule has 0 amide bonds. The van der Waals surface area contributed by atoms with E-state index in [1.807, 2.05) is 0 Å². The molecule has 5 aromatic rings. The van der Waals surface area contributed by atoms with Crippen LogP contribution in [-0.2, 0) is 6.04 Å². The first-order valence-electron chi connectivity index (χ1n) is 16.6. The van der Waals surface area contributed by atoms with Crippen LogP contribution in [0.25, 0.3) is 68.6 Å². The molecule has 0 unspecified atom stereocenters. The number of fused-ring (bicyclic) bond motifs is 8. The van der Waals surface area contributed by atoms with Gasteiger partial charge in [-0.2, -0.15) is 0 Å². The first-order chi connectivity index (χ1) is 22.3. The van der Waals surface area contributed by atoms with Crippen LogP contribution in [0.3, 0.4) is 0 Å². The number of aromatic amines is 2. The lowest BCUT2D eigenvalue weighted by atomic mass is 9.92. The molecule has 0 fully saturated rings. The number of H-pyrrole nitrogens is 2. The quantitative estimate of drug-likeness (QED) is 0.190. The molecule has 0 spiro atoms. The minimum atomic E-state index is -1.55. The average molecular weight is 633 g/mol. The molecular weight excluding hydrogens is 589 g/mol. The molecule has 2 aliphatic heterocycles. The van der Waals surface area contributed by atoms with E-state index in [1.165, 1.54) is 50.1 Å². The van der Waals surface area contributed by atoms with Crippen LogP contribution >= 0.6 is 0 Å². The summed E-state index contributed by atoms with van der Waals surface area (Å²) in [6.07, 6.45) is 8.82. The number of aromatic nitrogens is 4. The van der Waals surface area contributed by atoms with Gasteiger partial charge in [0.1, 0.15) is 0 Å². The van der Waals surface area contributed by atoms with E-state index in [9.17, 15) is 0 Å². The van der Waals surface area contributed by atoms with E-state index in [2.05, 4.69) is 150 Å². The molecule has 7 rings (SSSR count). The highest BCUT2D eigenvalue weighted by Gasteiger charge is 2.23. The number of rotatable bonds is 4. The molecule has 5 heteroatoms. The predicted molar refractivity (Wildman–Crippen MR) is 205 cm³/mol. The maximum absolute atomic E-state index is 5.43. The Balaban J connectivity index is 1.65. The standard InChI is InChI=1S/C42H44N4Si/c1-24-18-26(3)39(27(4)19-24)41-35-12-10-30(43-35)22-31-11-13-36(44-31)42(40-28(5)20-25(2)21-29(40)6)38-17-15-34(46-38)32(23-47(7,8)9)33-14-16-37(41)45-33/h10-22,43-44H,23H2,1-9H3. The predicted octanol–water partition coefficient (Wildman–Crippen LogP) is 11.3. The van der Waals surface area contributed by atoms with Gasteiger partial charge >= 0.3 is 0 Å². The van der Waals surface area contributed by atoms with Crippen LogP contribution in [-0.4, -0.2) is 28.0 Å². The van der Waals surface area contributed by atoms with E-state index in [1.54, 1.807) is 0 Å². The van der Waals surface area contributed by atoms with Crippen molar-refractivity contribution in [2.24, 2.45) is 0 Å². The van der Waals surface area contributed by atoms with Gasteiger partial charge in [0.15, 0.2) is 0 Å². The van der Waals surface area contributed by atoms with Crippen molar-refractivity contribution in [1.29, 1.82) is 0 Å². The van der Waals surface area contributed by atoms with Gasteiger partial charge in [0.25, 0.3) is 0 Å². The minimum absolute atomic E-state index is 0.982. The Hall–Kier alpha value is -4.74. The number of aryl methyl sites for hydroxylation is 6. The second kappa shape index (κ2) is 11.5. The van der Waals surface area contributed by atoms with Crippen LogP contribution in [0.15, 0.2) is 54.6 Å². The van der Waals surface area contributed by atoms with Crippen molar-refractivity contribution < 1.29 is 0 Å². The summed E-state index contributed by atoms with van der Waals surface area (Å²) in [6.45, 7) is 20.5. The van der Waals surface area contributed by atoms with Crippen LogP contribution in [0, 0.1) is 41.5 Å². The van der Waals surface area contributed by atoms with Crippen LogP contribution < -0.4 is 0 Å². The van der Waals surface area contributed by atoms with Crippen molar-refractivity contribution in [3.05, 3.63) is 116 Å². The zero-order valence-corrected chi connectivity index (χ0v) is 30.1. The number of hydrogen-bond acceptors (Lipinski definition) is 2. The van der Waals surface area contributed by atoms with Crippen molar-refractivity contribution in [2.75, 3.05) is 0 Å². The van der Waals surface area contributed by atoms with Crippen LogP contribution in [0.5, 0.6) is 0 Å². The molecule has 8 bridgehead atoms. The lowest BCUT2D eigenvalue weighted by molar-refractivity contribution is 1.17. The van der Waals surface area contributed by atoms with Gasteiger partial charge in [-0.05, 0) is 136 Å². The Morgan fingerprint density at radius 1 is 0.489 bits per heavy atom. The summed E-state index contributed by atoms with van der Waals surface area (Å²) >= 11 is 0. The molecule has 3 aromatic heterocycles. The van der Waals surface area contributed by atoms with Gasteiger partial charge in [-0.15, -0.1) is 0 Å². The van der Waals surface area contributed by atoms with Gasteiger partial charge in [-0.25, -0.2) is 9.97 Å². The monoisotopic (exact) mass is 632 g/mol. The van der Waals surface area contributed by atoms with E-state index in [-0.39, 0.29) is 0 Å². The topological polar surface area (TPSA) is 57.4 Å². The van der Waals surface area contributed by atoms with Gasteiger partial charge in [0, 0.05) is 46.8 Å². The molecule has 2 N–H and O–H groups in total. The average Bonchev–Trinajstić information content (AvgIpc) is 3.79. The van der Waals surface area contributed by atoms with E-state index >= 15 is 0 Å². The largest absolute Gasteiger partial charge is 0.355 e. The van der Waals surface area contributed by atoms with Gasteiger partial charge in [0.05, 0.1) is 22.8 Å². The third kappa shape index (κ3) is 5.85. The Labute approximate surface area is 279 Å². The normalized spacial score (nSPS) is 12.7. The SMILES string of the molecule is Cc1cc(C)c(-c2c3nc(c(C[Si](C)(C)C)c4nc(c(-c5c(C)cc(C)cc5C)c5ccc(cc6ccc2[nH]6)[nH]5)C=C4)C=C3)c(C)c1. The van der Waals surface area contributed by atoms with Crippen molar-refractivity contribution in [2.45, 2.75) is 67.2 Å². The molecule has 2 aromatic carbocycles. The zero-order valence-electron chi connectivity index (χ0n) is 29.1. The number of nitrogens with one attached hydrogen (secondary N) is 2. The third-order valence-corrected chi connectivity index (χ3v) is 10.7. The van der Waals surface area contributed by atoms with E-state index < -0.39 is 8.07 Å². The Kier molecular flexibility index (Phi) is 7.56. The van der Waals surface area contributed by atoms with Gasteiger partial charge in [-0.1, -0.05) is 55.0 Å². The molecule has 2 aliphatic rings. The summed E-state index contributed by atoms with van der Waals surface area (Å²) in [5, 5.41) is 0. The fraction of sp³-hybridized carbons (Fsp3) is 0.238. The summed E-state index contributed by atoms with van der Waals surface area (Å²) in [4.78, 5) is 18.4. The first-order valence-corrected chi connectivity index (χ1v) is 20.3. The molecule has 0 atom stereocenters. The third-order valence-electron chi connectivity index (χ3n) is 9.24. The Morgan fingerprint density at radius 3 is 1.26 bits per heavy atom. The van der Waals surface area contributed by atoms with Crippen molar-refractivity contribution >= 4 is 54.4 Å². The second-order valence-electron chi connectivity index (χ2n) is 14.7. The Morgan fingerprint density at radius 2 is 0.872 bits per heavy atom. The van der Waals surface area contributed by atoms with E-state index in [0.717, 1.165) is 62.0 Å². The van der Waals surface area contributed by atoms with Gasteiger partial charge in [-0.3, -0.25) is 0 Å². The van der Waals surface area contributed by atoms with Crippen molar-refractivity contribution in [1.82, 2.24) is 19.9 Å². The van der Waals surface area contributed by atoms with Crippen LogP contribution in [0.1, 0.15) is 61.7 Å². The molecular formula is C42H44N4Si.